The van der Waals surface area contributed by atoms with Crippen LogP contribution < -0.4 is 0 Å². The summed E-state index contributed by atoms with van der Waals surface area (Å²) in [5, 5.41) is 9.09. The zero-order valence-corrected chi connectivity index (χ0v) is 25.9. The first-order chi connectivity index (χ1) is 18.5. The standard InChI is InChI=1S/C35H47N3O2/c1-22(38-21-36)10-13-35-16-14-30(2,3)19-23(35)28-25(39)18-27-32(6)20-24(37-9)29(40)31(4,5)26(32)11-12-33(27,7)34(28,8)15-17-35/h18,20,23,26,28H,10-17,19H2,1-8H3/t23-,26-,28-,32-,33+,34+,35+/m0/s1. The van der Waals surface area contributed by atoms with Crippen molar-refractivity contribution < 1.29 is 9.59 Å². The van der Waals surface area contributed by atoms with Crippen molar-refractivity contribution in [3.63, 3.8) is 0 Å². The third-order valence-electron chi connectivity index (χ3n) is 13.2. The van der Waals surface area contributed by atoms with E-state index in [4.69, 9.17) is 11.8 Å². The van der Waals surface area contributed by atoms with Gasteiger partial charge in [0, 0.05) is 22.5 Å². The molecule has 0 bridgehead atoms. The molecule has 214 valence electrons. The number of nitrogens with zero attached hydrogens (tertiary/aromatic N) is 3. The maximum absolute atomic E-state index is 14.6. The lowest BCUT2D eigenvalue weighted by Crippen LogP contribution is -2.64. The second kappa shape index (κ2) is 8.98. The van der Waals surface area contributed by atoms with Gasteiger partial charge in [0.25, 0.3) is 0 Å². The number of aliphatic imine (C=N–C) groups is 1. The first-order valence-corrected chi connectivity index (χ1v) is 15.4. The van der Waals surface area contributed by atoms with Gasteiger partial charge in [0.2, 0.25) is 11.9 Å². The molecular formula is C35H47N3O2. The van der Waals surface area contributed by atoms with E-state index in [0.717, 1.165) is 57.1 Å². The van der Waals surface area contributed by atoms with E-state index < -0.39 is 10.8 Å². The monoisotopic (exact) mass is 541 g/mol. The van der Waals surface area contributed by atoms with E-state index in [9.17, 15) is 9.59 Å². The quantitative estimate of drug-likeness (QED) is 0.205. The van der Waals surface area contributed by atoms with Crippen molar-refractivity contribution in [3.05, 3.63) is 34.8 Å². The molecule has 0 aromatic heterocycles. The van der Waals surface area contributed by atoms with Crippen molar-refractivity contribution >= 4 is 17.3 Å². The summed E-state index contributed by atoms with van der Waals surface area (Å²) < 4.78 is 0. The average molecular weight is 542 g/mol. The Kier molecular flexibility index (Phi) is 6.51. The summed E-state index contributed by atoms with van der Waals surface area (Å²) in [7, 11) is 0. The van der Waals surface area contributed by atoms with E-state index in [1.165, 1.54) is 12.0 Å². The van der Waals surface area contributed by atoms with Crippen LogP contribution in [0.25, 0.3) is 4.85 Å². The first kappa shape index (κ1) is 29.0. The van der Waals surface area contributed by atoms with Crippen LogP contribution in [-0.4, -0.2) is 17.3 Å². The van der Waals surface area contributed by atoms with Crippen molar-refractivity contribution in [3.8, 4) is 6.19 Å². The largest absolute Gasteiger partial charge is 0.307 e. The van der Waals surface area contributed by atoms with Gasteiger partial charge in [-0.15, -0.1) is 0 Å². The van der Waals surface area contributed by atoms with Crippen molar-refractivity contribution in [2.24, 2.45) is 55.2 Å². The number of hydrogen-bond donors (Lipinski definition) is 0. The summed E-state index contributed by atoms with van der Waals surface area (Å²) in [4.78, 5) is 35.6. The number of carbonyl (C=O) groups excluding carboxylic acids is 2. The van der Waals surface area contributed by atoms with Gasteiger partial charge in [-0.2, -0.15) is 10.3 Å². The molecule has 0 spiro atoms. The molecule has 0 aliphatic heterocycles. The summed E-state index contributed by atoms with van der Waals surface area (Å²) in [6.07, 6.45) is 15.0. The summed E-state index contributed by atoms with van der Waals surface area (Å²) in [6, 6.07) is 0. The highest BCUT2D eigenvalue weighted by Crippen LogP contribution is 2.75. The lowest BCUT2D eigenvalue weighted by molar-refractivity contribution is -0.172. The van der Waals surface area contributed by atoms with E-state index in [2.05, 4.69) is 44.5 Å². The van der Waals surface area contributed by atoms with E-state index in [1.54, 1.807) is 0 Å². The van der Waals surface area contributed by atoms with E-state index >= 15 is 0 Å². The predicted molar refractivity (Wildman–Crippen MR) is 158 cm³/mol. The van der Waals surface area contributed by atoms with Crippen LogP contribution in [-0.2, 0) is 9.59 Å². The highest BCUT2D eigenvalue weighted by atomic mass is 16.1. The maximum Gasteiger partial charge on any atom is 0.226 e. The molecule has 40 heavy (non-hydrogen) atoms. The van der Waals surface area contributed by atoms with Crippen LogP contribution in [0.4, 0.5) is 0 Å². The molecule has 0 unspecified atom stereocenters. The second-order valence-corrected chi connectivity index (χ2v) is 16.0. The number of Topliss-reactive ketones (excluding diaryl/α,β-unsaturated/α-hetero) is 1. The van der Waals surface area contributed by atoms with Crippen molar-refractivity contribution in [1.82, 2.24) is 0 Å². The topological polar surface area (TPSA) is 74.7 Å². The summed E-state index contributed by atoms with van der Waals surface area (Å²) in [5.74, 6) is 0.548. The third-order valence-corrected chi connectivity index (χ3v) is 13.2. The number of fused-ring (bicyclic) bond motifs is 7. The van der Waals surface area contributed by atoms with Gasteiger partial charge < -0.3 is 4.79 Å². The molecule has 0 saturated heterocycles. The molecule has 0 aromatic carbocycles. The smallest absolute Gasteiger partial charge is 0.226 e. The highest BCUT2D eigenvalue weighted by Gasteiger charge is 2.69. The van der Waals surface area contributed by atoms with Gasteiger partial charge in [-0.1, -0.05) is 60.1 Å². The molecule has 3 fully saturated rings. The molecule has 7 atom stereocenters. The van der Waals surface area contributed by atoms with Crippen LogP contribution in [0, 0.1) is 68.3 Å². The molecule has 0 N–H and O–H groups in total. The molecule has 0 radical (unpaired) electrons. The zero-order valence-electron chi connectivity index (χ0n) is 25.9. The van der Waals surface area contributed by atoms with Crippen LogP contribution in [0.15, 0.2) is 28.4 Å². The highest BCUT2D eigenvalue weighted by molar-refractivity contribution is 6.03. The number of rotatable bonds is 3. The summed E-state index contributed by atoms with van der Waals surface area (Å²) in [6.45, 7) is 25.5. The fourth-order valence-electron chi connectivity index (χ4n) is 10.7. The predicted octanol–water partition coefficient (Wildman–Crippen LogP) is 8.28. The van der Waals surface area contributed by atoms with Crippen LogP contribution in [0.5, 0.6) is 0 Å². The fourth-order valence-corrected chi connectivity index (χ4v) is 10.7. The lowest BCUT2D eigenvalue weighted by Gasteiger charge is -2.69. The summed E-state index contributed by atoms with van der Waals surface area (Å²) >= 11 is 0. The Morgan fingerprint density at radius 2 is 1.75 bits per heavy atom. The fraction of sp³-hybridized carbons (Fsp3) is 0.743. The molecule has 3 saturated carbocycles. The Labute approximate surface area is 241 Å². The number of hydrogen-bond acceptors (Lipinski definition) is 4. The van der Waals surface area contributed by atoms with Crippen LogP contribution in [0.3, 0.4) is 0 Å². The molecule has 0 amide bonds. The Morgan fingerprint density at radius 1 is 1.07 bits per heavy atom. The number of carbonyl (C=O) groups is 2. The van der Waals surface area contributed by atoms with Gasteiger partial charge in [-0.25, -0.2) is 4.85 Å². The first-order valence-electron chi connectivity index (χ1n) is 15.4. The molecule has 5 aliphatic rings. The van der Waals surface area contributed by atoms with Gasteiger partial charge in [0.15, 0.2) is 11.6 Å². The van der Waals surface area contributed by atoms with Crippen molar-refractivity contribution in [2.75, 3.05) is 0 Å². The van der Waals surface area contributed by atoms with Gasteiger partial charge in [0.05, 0.1) is 6.57 Å². The van der Waals surface area contributed by atoms with Crippen molar-refractivity contribution in [2.45, 2.75) is 113 Å². The van der Waals surface area contributed by atoms with E-state index in [0.29, 0.717) is 5.92 Å². The molecule has 5 rings (SSSR count). The summed E-state index contributed by atoms with van der Waals surface area (Å²) in [5.41, 5.74) is 1.10. The molecule has 5 nitrogen and oxygen atoms in total. The normalized spacial score (nSPS) is 43.5. The van der Waals surface area contributed by atoms with Crippen molar-refractivity contribution in [1.29, 1.82) is 5.26 Å². The number of nitriles is 1. The minimum absolute atomic E-state index is 0.0366. The number of ketones is 2. The lowest BCUT2D eigenvalue weighted by atomic mass is 9.34. The Hall–Kier alpha value is -2.53. The Bertz CT molecular complexity index is 1330. The maximum atomic E-state index is 14.6. The minimum atomic E-state index is -0.635. The van der Waals surface area contributed by atoms with Gasteiger partial charge in [-0.3, -0.25) is 4.79 Å². The molecule has 5 aliphatic carbocycles. The molecule has 0 heterocycles. The van der Waals surface area contributed by atoms with Crippen LogP contribution >= 0.6 is 0 Å². The molecular weight excluding hydrogens is 494 g/mol. The molecule has 0 aromatic rings. The van der Waals surface area contributed by atoms with Crippen LogP contribution in [0.2, 0.25) is 0 Å². The molecule has 5 heteroatoms. The second-order valence-electron chi connectivity index (χ2n) is 16.0. The average Bonchev–Trinajstić information content (AvgIpc) is 2.87. The zero-order chi connectivity index (χ0) is 29.5. The van der Waals surface area contributed by atoms with E-state index in [-0.39, 0.29) is 50.8 Å². The SMILES string of the molecule is [C-]#[N+]C1=C[C@]2(C)C3=CC(=O)[C@@H]4[C@@H]5CC(C)(C)CC[C@]5(CCC(C)=NC#N)CC[C@@]4(C)[C@]3(C)CC[C@H]2C(C)(C)C1=O. The van der Waals surface area contributed by atoms with Gasteiger partial charge >= 0.3 is 0 Å². The third kappa shape index (κ3) is 3.79. The number of allylic oxidation sites excluding steroid dienone is 4. The Balaban J connectivity index is 1.64. The van der Waals surface area contributed by atoms with Gasteiger partial charge in [-0.05, 0) is 104 Å². The Morgan fingerprint density at radius 3 is 2.40 bits per heavy atom. The minimum Gasteiger partial charge on any atom is -0.307 e. The van der Waals surface area contributed by atoms with Crippen LogP contribution in [0.1, 0.15) is 113 Å². The van der Waals surface area contributed by atoms with E-state index in [1.807, 2.05) is 39.1 Å². The van der Waals surface area contributed by atoms with Gasteiger partial charge in [0.1, 0.15) is 0 Å².